The number of carboxylic acids is 1. The number of carboxylic acid groups (broad SMARTS) is 1. The Kier molecular flexibility index (Phi) is 3.58. The second-order valence-corrected chi connectivity index (χ2v) is 3.74. The second kappa shape index (κ2) is 4.56. The molecule has 0 saturated heterocycles. The Labute approximate surface area is 97.4 Å². The molecule has 1 aromatic carbocycles. The van der Waals surface area contributed by atoms with Gasteiger partial charge in [-0.05, 0) is 22.0 Å². The molecule has 1 amide bonds. The first kappa shape index (κ1) is 12.6. The smallest absolute Gasteiger partial charge is 0.340 e. The number of amides is 1. The Balaban J connectivity index is 3.50. The van der Waals surface area contributed by atoms with Crippen LogP contribution < -0.4 is 5.32 Å². The van der Waals surface area contributed by atoms with Crippen molar-refractivity contribution in [3.05, 3.63) is 27.7 Å². The Morgan fingerprint density at radius 2 is 2.00 bits per heavy atom. The van der Waals surface area contributed by atoms with Gasteiger partial charge in [0.05, 0.1) is 10.2 Å². The van der Waals surface area contributed by atoms with Crippen molar-refractivity contribution in [3.63, 3.8) is 0 Å². The fourth-order valence-corrected chi connectivity index (χ4v) is 1.49. The molecule has 0 aliphatic rings. The van der Waals surface area contributed by atoms with Crippen LogP contribution in [-0.4, -0.2) is 17.0 Å². The highest BCUT2D eigenvalue weighted by Crippen LogP contribution is 2.29. The average molecular weight is 294 g/mol. The van der Waals surface area contributed by atoms with Crippen LogP contribution in [0.15, 0.2) is 10.5 Å². The molecule has 0 radical (unpaired) electrons. The third kappa shape index (κ3) is 2.35. The van der Waals surface area contributed by atoms with Gasteiger partial charge in [-0.2, -0.15) is 0 Å². The van der Waals surface area contributed by atoms with E-state index < -0.39 is 34.8 Å². The van der Waals surface area contributed by atoms with Gasteiger partial charge < -0.3 is 10.4 Å². The maximum atomic E-state index is 13.4. The molecular formula is C9H6BrF2NO3. The molecule has 7 heteroatoms. The van der Waals surface area contributed by atoms with Gasteiger partial charge in [0.15, 0.2) is 5.82 Å². The maximum absolute atomic E-state index is 13.4. The summed E-state index contributed by atoms with van der Waals surface area (Å²) in [5.74, 6) is -4.52. The van der Waals surface area contributed by atoms with Crippen LogP contribution in [0.25, 0.3) is 0 Å². The standard InChI is InChI=1S/C9H6BrF2NO3/c1-3(14)13-8-5(11)2-4(10)7(12)6(8)9(15)16/h2H,1H3,(H,13,14)(H,15,16). The summed E-state index contributed by atoms with van der Waals surface area (Å²) in [7, 11) is 0. The minimum Gasteiger partial charge on any atom is -0.478 e. The van der Waals surface area contributed by atoms with Crippen LogP contribution in [0.1, 0.15) is 17.3 Å². The van der Waals surface area contributed by atoms with E-state index in [2.05, 4.69) is 15.9 Å². The van der Waals surface area contributed by atoms with Crippen LogP contribution in [0.4, 0.5) is 14.5 Å². The van der Waals surface area contributed by atoms with Gasteiger partial charge >= 0.3 is 5.97 Å². The third-order valence-corrected chi connectivity index (χ3v) is 2.26. The number of benzene rings is 1. The van der Waals surface area contributed by atoms with E-state index in [0.29, 0.717) is 0 Å². The zero-order chi connectivity index (χ0) is 12.5. The van der Waals surface area contributed by atoms with E-state index in [0.717, 1.165) is 13.0 Å². The normalized spacial score (nSPS) is 10.0. The van der Waals surface area contributed by atoms with E-state index in [9.17, 15) is 18.4 Å². The van der Waals surface area contributed by atoms with E-state index in [4.69, 9.17) is 5.11 Å². The Morgan fingerprint density at radius 3 is 2.44 bits per heavy atom. The van der Waals surface area contributed by atoms with Crippen LogP contribution in [-0.2, 0) is 4.79 Å². The molecule has 0 unspecified atom stereocenters. The Morgan fingerprint density at radius 1 is 1.44 bits per heavy atom. The predicted molar refractivity (Wildman–Crippen MR) is 55.3 cm³/mol. The minimum absolute atomic E-state index is 0.323. The minimum atomic E-state index is -1.67. The van der Waals surface area contributed by atoms with Crippen molar-refractivity contribution < 1.29 is 23.5 Å². The number of carbonyl (C=O) groups excluding carboxylic acids is 1. The second-order valence-electron chi connectivity index (χ2n) is 2.89. The van der Waals surface area contributed by atoms with E-state index in [1.807, 2.05) is 5.32 Å². The first-order chi connectivity index (χ1) is 7.34. The molecule has 0 saturated carbocycles. The van der Waals surface area contributed by atoms with Gasteiger partial charge in [0.1, 0.15) is 11.4 Å². The molecule has 86 valence electrons. The van der Waals surface area contributed by atoms with Gasteiger partial charge in [0, 0.05) is 6.92 Å². The molecule has 0 aliphatic heterocycles. The summed E-state index contributed by atoms with van der Waals surface area (Å²) in [6, 6.07) is 0.743. The van der Waals surface area contributed by atoms with E-state index in [1.165, 1.54) is 0 Å². The third-order valence-electron chi connectivity index (χ3n) is 1.69. The highest BCUT2D eigenvalue weighted by molar-refractivity contribution is 9.10. The molecule has 0 fully saturated rings. The number of anilines is 1. The molecule has 1 rings (SSSR count). The van der Waals surface area contributed by atoms with Gasteiger partial charge in [-0.3, -0.25) is 4.79 Å². The molecule has 0 aromatic heterocycles. The lowest BCUT2D eigenvalue weighted by molar-refractivity contribution is -0.114. The summed E-state index contributed by atoms with van der Waals surface area (Å²) in [6.45, 7) is 1.06. The number of carbonyl (C=O) groups is 2. The number of aromatic carboxylic acids is 1. The fraction of sp³-hybridized carbons (Fsp3) is 0.111. The van der Waals surface area contributed by atoms with E-state index >= 15 is 0 Å². The zero-order valence-corrected chi connectivity index (χ0v) is 9.56. The monoisotopic (exact) mass is 293 g/mol. The van der Waals surface area contributed by atoms with E-state index in [1.54, 1.807) is 0 Å². The highest BCUT2D eigenvalue weighted by atomic mass is 79.9. The highest BCUT2D eigenvalue weighted by Gasteiger charge is 2.23. The zero-order valence-electron chi connectivity index (χ0n) is 7.97. The molecule has 2 N–H and O–H groups in total. The summed E-state index contributed by atoms with van der Waals surface area (Å²) in [5.41, 5.74) is -1.59. The molecule has 0 spiro atoms. The maximum Gasteiger partial charge on any atom is 0.340 e. The van der Waals surface area contributed by atoms with Crippen molar-refractivity contribution in [2.24, 2.45) is 0 Å². The number of nitrogens with one attached hydrogen (secondary N) is 1. The molecular weight excluding hydrogens is 288 g/mol. The van der Waals surface area contributed by atoms with Crippen molar-refractivity contribution in [3.8, 4) is 0 Å². The molecule has 0 aliphatic carbocycles. The van der Waals surface area contributed by atoms with Crippen LogP contribution in [0, 0.1) is 11.6 Å². The lowest BCUT2D eigenvalue weighted by Crippen LogP contribution is -2.14. The first-order valence-electron chi connectivity index (χ1n) is 4.03. The van der Waals surface area contributed by atoms with E-state index in [-0.39, 0.29) is 4.47 Å². The largest absolute Gasteiger partial charge is 0.478 e. The first-order valence-corrected chi connectivity index (χ1v) is 4.82. The number of hydrogen-bond acceptors (Lipinski definition) is 2. The van der Waals surface area contributed by atoms with Crippen LogP contribution in [0.3, 0.4) is 0 Å². The molecule has 0 heterocycles. The van der Waals surface area contributed by atoms with Crippen molar-refractivity contribution in [2.45, 2.75) is 6.92 Å². The summed E-state index contributed by atoms with van der Waals surface area (Å²) < 4.78 is 26.4. The summed E-state index contributed by atoms with van der Waals surface area (Å²) in [5, 5.41) is 10.7. The molecule has 1 aromatic rings. The number of hydrogen-bond donors (Lipinski definition) is 2. The lowest BCUT2D eigenvalue weighted by Gasteiger charge is -2.09. The summed E-state index contributed by atoms with van der Waals surface area (Å²) in [6.07, 6.45) is 0. The number of halogens is 3. The van der Waals surface area contributed by atoms with Gasteiger partial charge in [0.25, 0.3) is 0 Å². The van der Waals surface area contributed by atoms with Crippen molar-refractivity contribution in [2.75, 3.05) is 5.32 Å². The Hall–Kier alpha value is -1.50. The van der Waals surface area contributed by atoms with Crippen LogP contribution >= 0.6 is 15.9 Å². The predicted octanol–water partition coefficient (Wildman–Crippen LogP) is 2.38. The van der Waals surface area contributed by atoms with Crippen molar-refractivity contribution >= 4 is 33.5 Å². The van der Waals surface area contributed by atoms with Crippen molar-refractivity contribution in [1.29, 1.82) is 0 Å². The molecule has 16 heavy (non-hydrogen) atoms. The molecule has 0 bridgehead atoms. The fourth-order valence-electron chi connectivity index (χ4n) is 1.09. The topological polar surface area (TPSA) is 66.4 Å². The van der Waals surface area contributed by atoms with Gasteiger partial charge in [0.2, 0.25) is 5.91 Å². The summed E-state index contributed by atoms with van der Waals surface area (Å²) in [4.78, 5) is 21.5. The average Bonchev–Trinajstić information content (AvgIpc) is 2.13. The quantitative estimate of drug-likeness (QED) is 0.823. The van der Waals surface area contributed by atoms with Crippen LogP contribution in [0.2, 0.25) is 0 Å². The van der Waals surface area contributed by atoms with Crippen LogP contribution in [0.5, 0.6) is 0 Å². The van der Waals surface area contributed by atoms with Gasteiger partial charge in [-0.25, -0.2) is 13.6 Å². The lowest BCUT2D eigenvalue weighted by atomic mass is 10.1. The number of rotatable bonds is 2. The molecule has 4 nitrogen and oxygen atoms in total. The summed E-state index contributed by atoms with van der Waals surface area (Å²) >= 11 is 2.67. The van der Waals surface area contributed by atoms with Gasteiger partial charge in [-0.1, -0.05) is 0 Å². The molecule has 0 atom stereocenters. The van der Waals surface area contributed by atoms with Crippen molar-refractivity contribution in [1.82, 2.24) is 0 Å². The SMILES string of the molecule is CC(=O)Nc1c(F)cc(Br)c(F)c1C(=O)O. The Bertz CT molecular complexity index is 476. The van der Waals surface area contributed by atoms with Gasteiger partial charge in [-0.15, -0.1) is 0 Å².